The van der Waals surface area contributed by atoms with Crippen LogP contribution in [0.4, 0.5) is 17.6 Å². The molecule has 4 N–H and O–H groups in total. The number of thioether (sulfide) groups is 1. The predicted molar refractivity (Wildman–Crippen MR) is 184 cm³/mol. The molecule has 2 aromatic carbocycles. The molecule has 0 saturated heterocycles. The van der Waals surface area contributed by atoms with Crippen molar-refractivity contribution in [2.45, 2.75) is 76.0 Å². The van der Waals surface area contributed by atoms with Gasteiger partial charge in [-0.15, -0.1) is 0 Å². The van der Waals surface area contributed by atoms with Gasteiger partial charge in [-0.3, -0.25) is 14.4 Å². The largest absolute Gasteiger partial charge is 0.457 e. The molecule has 0 heterocycles. The fraction of sp³-hybridized carbons (Fsp3) is 0.513. The number of Topliss-reactive ketones (excluding diaryl/α,β-unsaturated/α-hetero) is 1. The van der Waals surface area contributed by atoms with E-state index in [9.17, 15) is 52.4 Å². The van der Waals surface area contributed by atoms with Crippen molar-refractivity contribution in [1.29, 1.82) is 0 Å². The van der Waals surface area contributed by atoms with Gasteiger partial charge in [-0.05, 0) is 28.8 Å². The fourth-order valence-electron chi connectivity index (χ4n) is 9.10. The van der Waals surface area contributed by atoms with Crippen LogP contribution in [-0.2, 0) is 36.7 Å². The molecule has 0 radical (unpaired) electrons. The number of allylic oxidation sites excluding steroid dienone is 1. The molecule has 53 heavy (non-hydrogen) atoms. The third-order valence-corrected chi connectivity index (χ3v) is 12.9. The van der Waals surface area contributed by atoms with Gasteiger partial charge >= 0.3 is 11.9 Å². The topological polar surface area (TPSA) is 151 Å². The predicted octanol–water partition coefficient (Wildman–Crippen LogP) is 4.17. The van der Waals surface area contributed by atoms with Crippen molar-refractivity contribution in [2.24, 2.45) is 29.1 Å². The maximum atomic E-state index is 14.7. The molecule has 0 aliphatic heterocycles. The molecule has 4 aliphatic carbocycles. The number of carbonyl (C=O) groups excluding carboxylic acids is 3. The highest BCUT2D eigenvalue weighted by Gasteiger charge is 2.87. The van der Waals surface area contributed by atoms with Crippen LogP contribution in [0.15, 0.2) is 59.7 Å². The summed E-state index contributed by atoms with van der Waals surface area (Å²) in [4.78, 5) is 41.1. The molecule has 2 unspecified atom stereocenters. The Bertz CT molecular complexity index is 1900. The second-order valence-electron chi connectivity index (χ2n) is 15.3. The first-order valence-corrected chi connectivity index (χ1v) is 18.5. The molecule has 0 bridgehead atoms. The lowest BCUT2D eigenvalue weighted by Crippen LogP contribution is -2.63. The summed E-state index contributed by atoms with van der Waals surface area (Å²) in [5.41, 5.74) is -6.80. The van der Waals surface area contributed by atoms with Crippen LogP contribution in [-0.4, -0.2) is 85.3 Å². The molecule has 6 rings (SSSR count). The van der Waals surface area contributed by atoms with Crippen molar-refractivity contribution in [3.63, 3.8) is 0 Å². The molecule has 14 heteroatoms. The van der Waals surface area contributed by atoms with Crippen molar-refractivity contribution in [3.05, 3.63) is 94.1 Å². The maximum Gasteiger partial charge on any atom is 0.311 e. The third kappa shape index (κ3) is 6.43. The number of aliphatic hydroxyl groups is 4. The first kappa shape index (κ1) is 39.1. The van der Waals surface area contributed by atoms with Crippen molar-refractivity contribution >= 4 is 29.5 Å². The van der Waals surface area contributed by atoms with Crippen LogP contribution in [0.2, 0.25) is 0 Å². The van der Waals surface area contributed by atoms with Crippen LogP contribution in [0.5, 0.6) is 0 Å². The number of ether oxygens (including phenoxy) is 2. The molecule has 0 amide bonds. The molecule has 2 aromatic rings. The molecule has 9 atom stereocenters. The zero-order valence-electron chi connectivity index (χ0n) is 29.6. The van der Waals surface area contributed by atoms with E-state index in [0.29, 0.717) is 17.7 Å². The molecule has 286 valence electrons. The highest BCUT2D eigenvalue weighted by molar-refractivity contribution is 7.99. The first-order chi connectivity index (χ1) is 24.8. The van der Waals surface area contributed by atoms with Gasteiger partial charge in [0, 0.05) is 59.1 Å². The van der Waals surface area contributed by atoms with Gasteiger partial charge in [-0.25, -0.2) is 17.6 Å². The molecule has 0 aromatic heterocycles. The molecule has 2 fully saturated rings. The summed E-state index contributed by atoms with van der Waals surface area (Å²) >= 11 is 1.24. The summed E-state index contributed by atoms with van der Waals surface area (Å²) in [7, 11) is 0. The van der Waals surface area contributed by atoms with Crippen LogP contribution in [0.3, 0.4) is 0 Å². The highest BCUT2D eigenvalue weighted by atomic mass is 32.2. The van der Waals surface area contributed by atoms with Crippen LogP contribution in [0.25, 0.3) is 0 Å². The quantitative estimate of drug-likeness (QED) is 0.149. The van der Waals surface area contributed by atoms with Gasteiger partial charge in [-0.2, -0.15) is 11.8 Å². The third-order valence-electron chi connectivity index (χ3n) is 11.7. The zero-order chi connectivity index (χ0) is 38.8. The van der Waals surface area contributed by atoms with E-state index in [1.165, 1.54) is 24.8 Å². The van der Waals surface area contributed by atoms with Gasteiger partial charge < -0.3 is 29.9 Å². The van der Waals surface area contributed by atoms with Crippen LogP contribution < -0.4 is 0 Å². The van der Waals surface area contributed by atoms with Gasteiger partial charge in [0.25, 0.3) is 0 Å². The minimum Gasteiger partial charge on any atom is -0.457 e. The van der Waals surface area contributed by atoms with Gasteiger partial charge in [0.2, 0.25) is 0 Å². The zero-order valence-corrected chi connectivity index (χ0v) is 30.4. The number of ketones is 1. The van der Waals surface area contributed by atoms with Gasteiger partial charge in [0.1, 0.15) is 35.0 Å². The highest BCUT2D eigenvalue weighted by Crippen LogP contribution is 2.77. The second kappa shape index (κ2) is 13.9. The Morgan fingerprint density at radius 2 is 1.53 bits per heavy atom. The summed E-state index contributed by atoms with van der Waals surface area (Å²) in [5, 5.41) is 44.6. The Labute approximate surface area is 308 Å². The number of esters is 2. The Balaban J connectivity index is 1.45. The Morgan fingerprint density at radius 1 is 0.943 bits per heavy atom. The number of rotatable bonds is 11. The molecule has 0 spiro atoms. The van der Waals surface area contributed by atoms with Crippen molar-refractivity contribution in [1.82, 2.24) is 0 Å². The van der Waals surface area contributed by atoms with Gasteiger partial charge in [-0.1, -0.05) is 57.6 Å². The summed E-state index contributed by atoms with van der Waals surface area (Å²) in [6, 6.07) is 5.39. The number of halogens is 4. The van der Waals surface area contributed by atoms with E-state index >= 15 is 0 Å². The Hall–Kier alpha value is -3.56. The molecule has 4 aliphatic rings. The Kier molecular flexibility index (Phi) is 10.3. The van der Waals surface area contributed by atoms with E-state index in [0.717, 1.165) is 24.3 Å². The summed E-state index contributed by atoms with van der Waals surface area (Å²) in [5.74, 6) is -9.64. The number of hydrogen-bond donors (Lipinski definition) is 4. The van der Waals surface area contributed by atoms with E-state index in [4.69, 9.17) is 9.47 Å². The summed E-state index contributed by atoms with van der Waals surface area (Å²) in [6.45, 7) is 6.11. The van der Waals surface area contributed by atoms with Crippen LogP contribution >= 0.6 is 11.8 Å². The van der Waals surface area contributed by atoms with E-state index in [-0.39, 0.29) is 34.6 Å². The number of hydrogen-bond acceptors (Lipinski definition) is 10. The SMILES string of the molecule is CC1C=C2[C@](O)(CC(CSCC(O)CO)=C[C@H]3[C@@H]4C(C)(C)[C@]4(OC(=O)Cc4ccc(F)cc4F)[C@H](OC(=O)Cc4ccc(F)cc4F)[C@@H](C)[C@]23O)C1=O. The average Bonchev–Trinajstić information content (AvgIpc) is 3.51. The monoisotopic (exact) mass is 762 g/mol. The minimum absolute atomic E-state index is 0.00767. The van der Waals surface area contributed by atoms with Crippen LogP contribution in [0.1, 0.15) is 45.2 Å². The number of benzene rings is 2. The number of fused-ring (bicyclic) bond motifs is 5. The fourth-order valence-corrected chi connectivity index (χ4v) is 10.1. The lowest BCUT2D eigenvalue weighted by atomic mass is 9.61. The standard InChI is InChI=1S/C39H42F4O9S/c1-19-9-30-37(49,34(19)48)15-21(17-53-18-26(45)16-44)10-27-33-36(3,4)39(33,52-32(47)12-23-6-8-25(41)14-29(23)43)35(20(2)38(27,30)50)51-31(46)11-22-5-7-24(40)13-28(22)42/h5-10,13-14,19-20,26-27,33,35,44-45,49-50H,11-12,15-18H2,1-4H3/t19?,20-,26?,27+,33-,35-,37-,38-,39-/m1/s1. The first-order valence-electron chi connectivity index (χ1n) is 17.4. The second-order valence-corrected chi connectivity index (χ2v) is 16.3. The van der Waals surface area contributed by atoms with E-state index in [1.807, 2.05) is 0 Å². The summed E-state index contributed by atoms with van der Waals surface area (Å²) < 4.78 is 69.0. The molecule has 2 saturated carbocycles. The van der Waals surface area contributed by atoms with Crippen molar-refractivity contribution in [3.8, 4) is 0 Å². The molecular weight excluding hydrogens is 720 g/mol. The normalized spacial score (nSPS) is 33.1. The van der Waals surface area contributed by atoms with Crippen molar-refractivity contribution < 1.29 is 61.8 Å². The van der Waals surface area contributed by atoms with E-state index in [2.05, 4.69) is 0 Å². The lowest BCUT2D eigenvalue weighted by Gasteiger charge is -2.51. The van der Waals surface area contributed by atoms with Crippen LogP contribution in [0, 0.1) is 52.4 Å². The summed E-state index contributed by atoms with van der Waals surface area (Å²) in [6.07, 6.45) is -0.736. The lowest BCUT2D eigenvalue weighted by molar-refractivity contribution is -0.207. The smallest absolute Gasteiger partial charge is 0.311 e. The number of carbonyl (C=O) groups is 3. The van der Waals surface area contributed by atoms with E-state index < -0.39 is 119 Å². The number of aliphatic hydroxyl groups excluding tert-OH is 2. The van der Waals surface area contributed by atoms with Gasteiger partial charge in [0.15, 0.2) is 17.0 Å². The molecule has 9 nitrogen and oxygen atoms in total. The Morgan fingerprint density at radius 3 is 2.09 bits per heavy atom. The minimum atomic E-state index is -2.17. The van der Waals surface area contributed by atoms with Crippen molar-refractivity contribution in [2.75, 3.05) is 18.1 Å². The maximum absolute atomic E-state index is 14.7. The average molecular weight is 763 g/mol. The van der Waals surface area contributed by atoms with E-state index in [1.54, 1.807) is 26.8 Å². The molecular formula is C39H42F4O9S. The van der Waals surface area contributed by atoms with Gasteiger partial charge in [0.05, 0.1) is 25.6 Å².